The quantitative estimate of drug-likeness (QED) is 0.855. The van der Waals surface area contributed by atoms with Gasteiger partial charge in [-0.15, -0.1) is 11.8 Å². The SMILES string of the molecule is COc1ccccc1C(=O)NC(=O)CSc1ccc(C)cc1C. The van der Waals surface area contributed by atoms with Gasteiger partial charge in [0.2, 0.25) is 5.91 Å². The molecule has 5 heteroatoms. The molecule has 0 heterocycles. The van der Waals surface area contributed by atoms with Crippen molar-refractivity contribution in [3.8, 4) is 5.75 Å². The van der Waals surface area contributed by atoms with Crippen LogP contribution in [0.4, 0.5) is 0 Å². The van der Waals surface area contributed by atoms with Gasteiger partial charge in [0, 0.05) is 4.90 Å². The number of methoxy groups -OCH3 is 1. The molecule has 0 saturated heterocycles. The minimum atomic E-state index is -0.450. The number of imide groups is 1. The van der Waals surface area contributed by atoms with E-state index >= 15 is 0 Å². The summed E-state index contributed by atoms with van der Waals surface area (Å²) in [6.45, 7) is 4.04. The van der Waals surface area contributed by atoms with Crippen LogP contribution in [-0.2, 0) is 4.79 Å². The van der Waals surface area contributed by atoms with E-state index in [1.165, 1.54) is 24.4 Å². The Balaban J connectivity index is 1.95. The maximum absolute atomic E-state index is 12.1. The van der Waals surface area contributed by atoms with Gasteiger partial charge in [0.15, 0.2) is 0 Å². The number of rotatable bonds is 5. The Hall–Kier alpha value is -2.27. The average molecular weight is 329 g/mol. The minimum Gasteiger partial charge on any atom is -0.496 e. The predicted molar refractivity (Wildman–Crippen MR) is 92.1 cm³/mol. The molecule has 0 saturated carbocycles. The van der Waals surface area contributed by atoms with E-state index in [4.69, 9.17) is 4.74 Å². The van der Waals surface area contributed by atoms with Crippen molar-refractivity contribution in [2.24, 2.45) is 0 Å². The Labute approximate surface area is 140 Å². The summed E-state index contributed by atoms with van der Waals surface area (Å²) in [6.07, 6.45) is 0. The van der Waals surface area contributed by atoms with Gasteiger partial charge in [-0.3, -0.25) is 14.9 Å². The fourth-order valence-corrected chi connectivity index (χ4v) is 2.98. The molecule has 0 atom stereocenters. The highest BCUT2D eigenvalue weighted by molar-refractivity contribution is 8.00. The van der Waals surface area contributed by atoms with Crippen molar-refractivity contribution in [2.75, 3.05) is 12.9 Å². The molecule has 23 heavy (non-hydrogen) atoms. The second kappa shape index (κ2) is 7.83. The van der Waals surface area contributed by atoms with Crippen molar-refractivity contribution in [3.63, 3.8) is 0 Å². The van der Waals surface area contributed by atoms with E-state index in [1.807, 2.05) is 26.0 Å². The van der Waals surface area contributed by atoms with E-state index in [2.05, 4.69) is 11.4 Å². The Morgan fingerprint density at radius 3 is 2.57 bits per heavy atom. The topological polar surface area (TPSA) is 55.4 Å². The smallest absolute Gasteiger partial charge is 0.261 e. The fraction of sp³-hybridized carbons (Fsp3) is 0.222. The fourth-order valence-electron chi connectivity index (χ4n) is 2.17. The Morgan fingerprint density at radius 2 is 1.87 bits per heavy atom. The summed E-state index contributed by atoms with van der Waals surface area (Å²) in [5.41, 5.74) is 2.65. The lowest BCUT2D eigenvalue weighted by molar-refractivity contribution is -0.117. The second-order valence-electron chi connectivity index (χ2n) is 5.14. The zero-order valence-electron chi connectivity index (χ0n) is 13.4. The zero-order valence-corrected chi connectivity index (χ0v) is 14.2. The number of aryl methyl sites for hydroxylation is 2. The lowest BCUT2D eigenvalue weighted by Gasteiger charge is -2.09. The third-order valence-electron chi connectivity index (χ3n) is 3.29. The van der Waals surface area contributed by atoms with Gasteiger partial charge in [0.05, 0.1) is 18.4 Å². The maximum Gasteiger partial charge on any atom is 0.261 e. The summed E-state index contributed by atoms with van der Waals surface area (Å²) in [5, 5.41) is 2.39. The number of para-hydroxylation sites is 1. The molecule has 2 amide bonds. The minimum absolute atomic E-state index is 0.185. The van der Waals surface area contributed by atoms with Crippen LogP contribution in [0.15, 0.2) is 47.4 Å². The molecule has 0 radical (unpaired) electrons. The molecule has 0 spiro atoms. The molecular weight excluding hydrogens is 310 g/mol. The predicted octanol–water partition coefficient (Wildman–Crippen LogP) is 3.36. The van der Waals surface area contributed by atoms with Crippen LogP contribution in [0.2, 0.25) is 0 Å². The Morgan fingerprint density at radius 1 is 1.13 bits per heavy atom. The molecule has 120 valence electrons. The van der Waals surface area contributed by atoms with Crippen LogP contribution in [-0.4, -0.2) is 24.7 Å². The van der Waals surface area contributed by atoms with Gasteiger partial charge in [-0.2, -0.15) is 0 Å². The average Bonchev–Trinajstić information content (AvgIpc) is 2.54. The standard InChI is InChI=1S/C18H19NO3S/c1-12-8-9-16(13(2)10-12)23-11-17(20)19-18(21)14-6-4-5-7-15(14)22-3/h4-10H,11H2,1-3H3,(H,19,20,21). The molecule has 0 aliphatic carbocycles. The molecule has 0 aliphatic rings. The summed E-state index contributed by atoms with van der Waals surface area (Å²) in [6, 6.07) is 12.9. The lowest BCUT2D eigenvalue weighted by atomic mass is 10.2. The van der Waals surface area contributed by atoms with Crippen LogP contribution < -0.4 is 10.1 Å². The first-order chi connectivity index (χ1) is 11.0. The third-order valence-corrected chi connectivity index (χ3v) is 4.47. The summed E-state index contributed by atoms with van der Waals surface area (Å²) in [4.78, 5) is 25.2. The first kappa shape index (κ1) is 17.1. The first-order valence-electron chi connectivity index (χ1n) is 7.18. The summed E-state index contributed by atoms with van der Waals surface area (Å²) in [5.74, 6) is -0.149. The highest BCUT2D eigenvalue weighted by Crippen LogP contribution is 2.23. The first-order valence-corrected chi connectivity index (χ1v) is 8.17. The number of hydrogen-bond acceptors (Lipinski definition) is 4. The van der Waals surface area contributed by atoms with Gasteiger partial charge in [-0.25, -0.2) is 0 Å². The number of carbonyl (C=O) groups is 2. The van der Waals surface area contributed by atoms with E-state index in [1.54, 1.807) is 24.3 Å². The molecule has 0 aliphatic heterocycles. The Bertz CT molecular complexity index is 728. The number of amides is 2. The van der Waals surface area contributed by atoms with E-state index in [0.29, 0.717) is 11.3 Å². The van der Waals surface area contributed by atoms with Gasteiger partial charge in [-0.05, 0) is 37.6 Å². The highest BCUT2D eigenvalue weighted by Gasteiger charge is 2.14. The Kier molecular flexibility index (Phi) is 5.82. The van der Waals surface area contributed by atoms with Crippen LogP contribution >= 0.6 is 11.8 Å². The number of ether oxygens (including phenoxy) is 1. The van der Waals surface area contributed by atoms with Crippen molar-refractivity contribution in [3.05, 3.63) is 59.2 Å². The van der Waals surface area contributed by atoms with E-state index in [9.17, 15) is 9.59 Å². The second-order valence-corrected chi connectivity index (χ2v) is 6.15. The number of benzene rings is 2. The molecule has 0 unspecified atom stereocenters. The van der Waals surface area contributed by atoms with Crippen LogP contribution in [0.5, 0.6) is 5.75 Å². The van der Waals surface area contributed by atoms with Crippen molar-refractivity contribution in [2.45, 2.75) is 18.7 Å². The summed E-state index contributed by atoms with van der Waals surface area (Å²) >= 11 is 1.42. The molecule has 2 aromatic carbocycles. The lowest BCUT2D eigenvalue weighted by Crippen LogP contribution is -2.32. The molecule has 2 rings (SSSR count). The molecular formula is C18H19NO3S. The number of thioether (sulfide) groups is 1. The summed E-state index contributed by atoms with van der Waals surface area (Å²) in [7, 11) is 1.49. The summed E-state index contributed by atoms with van der Waals surface area (Å²) < 4.78 is 5.13. The van der Waals surface area contributed by atoms with Crippen molar-refractivity contribution in [1.82, 2.24) is 5.32 Å². The normalized spacial score (nSPS) is 10.2. The van der Waals surface area contributed by atoms with E-state index in [0.717, 1.165) is 10.5 Å². The van der Waals surface area contributed by atoms with Gasteiger partial charge < -0.3 is 4.74 Å². The number of carbonyl (C=O) groups excluding carboxylic acids is 2. The molecule has 4 nitrogen and oxygen atoms in total. The molecule has 0 bridgehead atoms. The number of hydrogen-bond donors (Lipinski definition) is 1. The van der Waals surface area contributed by atoms with Gasteiger partial charge in [0.25, 0.3) is 5.91 Å². The monoisotopic (exact) mass is 329 g/mol. The molecule has 2 aromatic rings. The molecule has 0 fully saturated rings. The maximum atomic E-state index is 12.1. The van der Waals surface area contributed by atoms with Crippen LogP contribution in [0.25, 0.3) is 0 Å². The third kappa shape index (κ3) is 4.60. The molecule has 1 N–H and O–H groups in total. The van der Waals surface area contributed by atoms with E-state index < -0.39 is 5.91 Å². The number of nitrogens with one attached hydrogen (secondary N) is 1. The van der Waals surface area contributed by atoms with Gasteiger partial charge in [-0.1, -0.05) is 29.8 Å². The van der Waals surface area contributed by atoms with Crippen molar-refractivity contribution in [1.29, 1.82) is 0 Å². The van der Waals surface area contributed by atoms with E-state index in [-0.39, 0.29) is 11.7 Å². The van der Waals surface area contributed by atoms with Crippen molar-refractivity contribution >= 4 is 23.6 Å². The van der Waals surface area contributed by atoms with Crippen LogP contribution in [0.3, 0.4) is 0 Å². The van der Waals surface area contributed by atoms with Crippen LogP contribution in [0, 0.1) is 13.8 Å². The van der Waals surface area contributed by atoms with Gasteiger partial charge in [0.1, 0.15) is 5.75 Å². The largest absolute Gasteiger partial charge is 0.496 e. The van der Waals surface area contributed by atoms with Gasteiger partial charge >= 0.3 is 0 Å². The van der Waals surface area contributed by atoms with Crippen LogP contribution in [0.1, 0.15) is 21.5 Å². The molecule has 0 aromatic heterocycles. The highest BCUT2D eigenvalue weighted by atomic mass is 32.2. The zero-order chi connectivity index (χ0) is 16.8. The van der Waals surface area contributed by atoms with Crippen molar-refractivity contribution < 1.29 is 14.3 Å².